The highest BCUT2D eigenvalue weighted by atomic mass is 16.5. The van der Waals surface area contributed by atoms with Gasteiger partial charge in [-0.25, -0.2) is 0 Å². The van der Waals surface area contributed by atoms with E-state index < -0.39 is 11.4 Å². The van der Waals surface area contributed by atoms with E-state index >= 15 is 0 Å². The third-order valence-corrected chi connectivity index (χ3v) is 5.24. The zero-order chi connectivity index (χ0) is 13.7. The van der Waals surface area contributed by atoms with Crippen LogP contribution in [0.4, 0.5) is 0 Å². The quantitative estimate of drug-likeness (QED) is 0.733. The lowest BCUT2D eigenvalue weighted by Crippen LogP contribution is -2.53. The summed E-state index contributed by atoms with van der Waals surface area (Å²) in [4.78, 5) is 22.9. The minimum absolute atomic E-state index is 0.288. The molecule has 0 unspecified atom stereocenters. The van der Waals surface area contributed by atoms with Crippen molar-refractivity contribution in [2.45, 2.75) is 44.6 Å². The largest absolute Gasteiger partial charge is 0.480 e. The average molecular weight is 267 g/mol. The molecule has 0 aliphatic heterocycles. The van der Waals surface area contributed by atoms with Crippen LogP contribution < -0.4 is 5.32 Å². The summed E-state index contributed by atoms with van der Waals surface area (Å²) in [6.45, 7) is 0.632. The van der Waals surface area contributed by atoms with Gasteiger partial charge in [0.2, 0.25) is 5.91 Å². The number of methoxy groups -OCH3 is 1. The predicted octanol–water partition coefficient (Wildman–Crippen LogP) is 1.17. The van der Waals surface area contributed by atoms with Crippen molar-refractivity contribution in [1.82, 2.24) is 5.32 Å². The molecular formula is C14H21NO4. The standard InChI is InChI=1S/C14H21NO4/c1-19-10-6-13(7-10)4-9(5-13)8-15-11(16)14(2-3-14)12(17)18/h9-10H,2-8H2,1H3,(H,15,16)(H,17,18). The molecule has 0 aromatic heterocycles. The lowest BCUT2D eigenvalue weighted by atomic mass is 9.50. The van der Waals surface area contributed by atoms with Gasteiger partial charge in [0.15, 0.2) is 0 Å². The number of nitrogens with one attached hydrogen (secondary N) is 1. The Balaban J connectivity index is 1.39. The number of carbonyl (C=O) groups is 2. The smallest absolute Gasteiger partial charge is 0.319 e. The Morgan fingerprint density at radius 1 is 1.26 bits per heavy atom. The van der Waals surface area contributed by atoms with Crippen LogP contribution in [-0.2, 0) is 14.3 Å². The van der Waals surface area contributed by atoms with Gasteiger partial charge in [0, 0.05) is 13.7 Å². The second kappa shape index (κ2) is 4.20. The number of carboxylic acid groups (broad SMARTS) is 1. The van der Waals surface area contributed by atoms with Crippen molar-refractivity contribution >= 4 is 11.9 Å². The number of carbonyl (C=O) groups excluding carboxylic acids is 1. The number of ether oxygens (including phenoxy) is 1. The van der Waals surface area contributed by atoms with Crippen molar-refractivity contribution in [2.24, 2.45) is 16.7 Å². The van der Waals surface area contributed by atoms with E-state index in [9.17, 15) is 9.59 Å². The van der Waals surface area contributed by atoms with Crippen molar-refractivity contribution < 1.29 is 19.4 Å². The van der Waals surface area contributed by atoms with Crippen LogP contribution in [0.25, 0.3) is 0 Å². The normalized spacial score (nSPS) is 38.2. The van der Waals surface area contributed by atoms with Gasteiger partial charge in [0.1, 0.15) is 5.41 Å². The van der Waals surface area contributed by atoms with Crippen LogP contribution in [0.3, 0.4) is 0 Å². The maximum Gasteiger partial charge on any atom is 0.319 e. The molecule has 3 aliphatic rings. The first kappa shape index (κ1) is 12.9. The molecule has 5 heteroatoms. The minimum Gasteiger partial charge on any atom is -0.480 e. The van der Waals surface area contributed by atoms with Crippen LogP contribution >= 0.6 is 0 Å². The zero-order valence-corrected chi connectivity index (χ0v) is 11.3. The molecule has 3 aliphatic carbocycles. The van der Waals surface area contributed by atoms with E-state index in [1.165, 1.54) is 0 Å². The summed E-state index contributed by atoms with van der Waals surface area (Å²) in [5, 5.41) is 11.9. The second-order valence-corrected chi connectivity index (χ2v) is 6.64. The number of hydrogen-bond donors (Lipinski definition) is 2. The van der Waals surface area contributed by atoms with Crippen LogP contribution in [0.5, 0.6) is 0 Å². The Morgan fingerprint density at radius 3 is 2.37 bits per heavy atom. The fourth-order valence-electron chi connectivity index (χ4n) is 3.78. The molecule has 3 fully saturated rings. The Bertz CT molecular complexity index is 402. The summed E-state index contributed by atoms with van der Waals surface area (Å²) in [6.07, 6.45) is 5.98. The summed E-state index contributed by atoms with van der Waals surface area (Å²) in [7, 11) is 1.76. The topological polar surface area (TPSA) is 75.6 Å². The zero-order valence-electron chi connectivity index (χ0n) is 11.3. The molecule has 0 saturated heterocycles. The van der Waals surface area contributed by atoms with E-state index in [0.717, 1.165) is 25.7 Å². The maximum atomic E-state index is 11.8. The van der Waals surface area contributed by atoms with Crippen molar-refractivity contribution in [1.29, 1.82) is 0 Å². The van der Waals surface area contributed by atoms with Gasteiger partial charge in [0.25, 0.3) is 0 Å². The third kappa shape index (κ3) is 2.04. The van der Waals surface area contributed by atoms with Crippen molar-refractivity contribution in [2.75, 3.05) is 13.7 Å². The number of hydrogen-bond acceptors (Lipinski definition) is 3. The fourth-order valence-corrected chi connectivity index (χ4v) is 3.78. The summed E-state index contributed by atoms with van der Waals surface area (Å²) in [6, 6.07) is 0. The Kier molecular flexibility index (Phi) is 2.85. The summed E-state index contributed by atoms with van der Waals surface area (Å²) in [5.74, 6) is -0.743. The molecule has 5 nitrogen and oxygen atoms in total. The second-order valence-electron chi connectivity index (χ2n) is 6.64. The molecule has 106 valence electrons. The van der Waals surface area contributed by atoms with Gasteiger partial charge in [-0.15, -0.1) is 0 Å². The first-order valence-corrected chi connectivity index (χ1v) is 7.04. The van der Waals surface area contributed by atoms with Gasteiger partial charge in [-0.1, -0.05) is 0 Å². The highest BCUT2D eigenvalue weighted by Crippen LogP contribution is 2.59. The van der Waals surface area contributed by atoms with Crippen LogP contribution in [0.2, 0.25) is 0 Å². The van der Waals surface area contributed by atoms with Gasteiger partial charge in [0.05, 0.1) is 6.10 Å². The van der Waals surface area contributed by atoms with E-state index in [0.29, 0.717) is 36.8 Å². The van der Waals surface area contributed by atoms with Crippen molar-refractivity contribution in [3.63, 3.8) is 0 Å². The molecule has 0 radical (unpaired) electrons. The summed E-state index contributed by atoms with van der Waals surface area (Å²) >= 11 is 0. The first-order chi connectivity index (χ1) is 9.00. The molecule has 3 saturated carbocycles. The van der Waals surface area contributed by atoms with E-state index in [1.54, 1.807) is 7.11 Å². The fraction of sp³-hybridized carbons (Fsp3) is 0.857. The lowest BCUT2D eigenvalue weighted by molar-refractivity contribution is -0.150. The SMILES string of the molecule is COC1CC2(CC(CNC(=O)C3(C(=O)O)CC3)C2)C1. The van der Waals surface area contributed by atoms with Gasteiger partial charge in [-0.05, 0) is 49.9 Å². The summed E-state index contributed by atoms with van der Waals surface area (Å²) < 4.78 is 5.30. The minimum atomic E-state index is -1.10. The van der Waals surface area contributed by atoms with Crippen LogP contribution in [0.1, 0.15) is 38.5 Å². The number of rotatable bonds is 5. The Labute approximate surface area is 112 Å². The van der Waals surface area contributed by atoms with Crippen molar-refractivity contribution in [3.05, 3.63) is 0 Å². The molecule has 0 bridgehead atoms. The monoisotopic (exact) mass is 267 g/mol. The average Bonchev–Trinajstić information content (AvgIpc) is 3.05. The van der Waals surface area contributed by atoms with Crippen LogP contribution in [-0.4, -0.2) is 36.7 Å². The predicted molar refractivity (Wildman–Crippen MR) is 67.5 cm³/mol. The third-order valence-electron chi connectivity index (χ3n) is 5.24. The number of amides is 1. The number of aliphatic carboxylic acids is 1. The van der Waals surface area contributed by atoms with Gasteiger partial charge >= 0.3 is 5.97 Å². The Morgan fingerprint density at radius 2 is 1.89 bits per heavy atom. The summed E-state index contributed by atoms with van der Waals surface area (Å²) in [5.41, 5.74) is -0.626. The van der Waals surface area contributed by atoms with Gasteiger partial charge < -0.3 is 15.2 Å². The molecule has 0 heterocycles. The van der Waals surface area contributed by atoms with E-state index in [2.05, 4.69) is 5.32 Å². The van der Waals surface area contributed by atoms with E-state index in [1.807, 2.05) is 0 Å². The van der Waals surface area contributed by atoms with Crippen LogP contribution in [0, 0.1) is 16.7 Å². The lowest BCUT2D eigenvalue weighted by Gasteiger charge is -2.57. The maximum absolute atomic E-state index is 11.8. The molecule has 0 atom stereocenters. The number of carboxylic acids is 1. The highest BCUT2D eigenvalue weighted by Gasteiger charge is 2.57. The molecule has 0 aromatic carbocycles. The molecule has 3 rings (SSSR count). The first-order valence-electron chi connectivity index (χ1n) is 7.04. The van der Waals surface area contributed by atoms with Crippen molar-refractivity contribution in [3.8, 4) is 0 Å². The molecular weight excluding hydrogens is 246 g/mol. The van der Waals surface area contributed by atoms with Gasteiger partial charge in [-0.3, -0.25) is 9.59 Å². The molecule has 19 heavy (non-hydrogen) atoms. The highest BCUT2D eigenvalue weighted by molar-refractivity contribution is 6.04. The molecule has 1 amide bonds. The molecule has 1 spiro atoms. The van der Waals surface area contributed by atoms with Gasteiger partial charge in [-0.2, -0.15) is 0 Å². The van der Waals surface area contributed by atoms with E-state index in [-0.39, 0.29) is 5.91 Å². The van der Waals surface area contributed by atoms with E-state index in [4.69, 9.17) is 9.84 Å². The van der Waals surface area contributed by atoms with Crippen LogP contribution in [0.15, 0.2) is 0 Å². The Hall–Kier alpha value is -1.10. The molecule has 0 aromatic rings. The molecule has 2 N–H and O–H groups in total.